The monoisotopic (exact) mass is 381 g/mol. The van der Waals surface area contributed by atoms with E-state index in [9.17, 15) is 0 Å². The molecule has 0 amide bonds. The maximum absolute atomic E-state index is 2.78. The van der Waals surface area contributed by atoms with Crippen molar-refractivity contribution >= 4 is 0 Å². The lowest BCUT2D eigenvalue weighted by Gasteiger charge is -2.22. The van der Waals surface area contributed by atoms with Crippen molar-refractivity contribution in [1.82, 2.24) is 4.90 Å². The summed E-state index contributed by atoms with van der Waals surface area (Å²) in [4.78, 5) is 2.78. The summed E-state index contributed by atoms with van der Waals surface area (Å²) in [5, 5.41) is 0. The predicted molar refractivity (Wildman–Crippen MR) is 126 cm³/mol. The van der Waals surface area contributed by atoms with Crippen LogP contribution in [0, 0.1) is 0 Å². The van der Waals surface area contributed by atoms with Crippen molar-refractivity contribution in [2.24, 2.45) is 0 Å². The van der Waals surface area contributed by atoms with Gasteiger partial charge in [-0.25, -0.2) is 0 Å². The maximum Gasteiger partial charge on any atom is -0.00187 e. The first-order chi connectivity index (χ1) is 13.3. The van der Waals surface area contributed by atoms with Gasteiger partial charge in [0.1, 0.15) is 0 Å². The van der Waals surface area contributed by atoms with E-state index in [1.165, 1.54) is 148 Å². The van der Waals surface area contributed by atoms with Crippen molar-refractivity contribution in [2.75, 3.05) is 19.6 Å². The summed E-state index contributed by atoms with van der Waals surface area (Å²) in [5.41, 5.74) is 0. The number of hydrogen-bond donors (Lipinski definition) is 0. The highest BCUT2D eigenvalue weighted by atomic mass is 15.1. The highest BCUT2D eigenvalue weighted by Crippen LogP contribution is 2.13. The Hall–Kier alpha value is -0.0400. The van der Waals surface area contributed by atoms with Crippen LogP contribution in [0.1, 0.15) is 149 Å². The van der Waals surface area contributed by atoms with Gasteiger partial charge in [0.25, 0.3) is 0 Å². The third kappa shape index (κ3) is 22.1. The van der Waals surface area contributed by atoms with E-state index in [4.69, 9.17) is 0 Å². The van der Waals surface area contributed by atoms with Crippen LogP contribution < -0.4 is 0 Å². The van der Waals surface area contributed by atoms with Crippen LogP contribution in [0.25, 0.3) is 0 Å². The van der Waals surface area contributed by atoms with Crippen LogP contribution in [0.3, 0.4) is 0 Å². The van der Waals surface area contributed by atoms with Gasteiger partial charge < -0.3 is 4.90 Å². The first kappa shape index (κ1) is 27.0. The molecule has 0 aliphatic carbocycles. The summed E-state index contributed by atoms with van der Waals surface area (Å²) in [6, 6.07) is 0. The molecule has 0 saturated heterocycles. The molecule has 0 bridgehead atoms. The summed E-state index contributed by atoms with van der Waals surface area (Å²) in [5.74, 6) is 0. The number of unbranched alkanes of at least 4 members (excludes halogenated alkanes) is 17. The highest BCUT2D eigenvalue weighted by molar-refractivity contribution is 4.60. The Morgan fingerprint density at radius 3 is 0.815 bits per heavy atom. The Labute approximate surface area is 174 Å². The fourth-order valence-corrected chi connectivity index (χ4v) is 4.04. The second kappa shape index (κ2) is 24.0. The van der Waals surface area contributed by atoms with Crippen molar-refractivity contribution in [1.29, 1.82) is 0 Å². The van der Waals surface area contributed by atoms with Crippen molar-refractivity contribution in [3.8, 4) is 0 Å². The Bertz CT molecular complexity index is 239. The molecule has 0 aromatic rings. The molecule has 1 nitrogen and oxygen atoms in total. The zero-order chi connectivity index (χ0) is 19.8. The van der Waals surface area contributed by atoms with Gasteiger partial charge in [0, 0.05) is 0 Å². The zero-order valence-corrected chi connectivity index (χ0v) is 19.7. The fourth-order valence-electron chi connectivity index (χ4n) is 4.04. The number of hydrogen-bond acceptors (Lipinski definition) is 1. The minimum Gasteiger partial charge on any atom is -0.303 e. The van der Waals surface area contributed by atoms with E-state index < -0.39 is 0 Å². The minimum atomic E-state index is 1.35. The van der Waals surface area contributed by atoms with Crippen molar-refractivity contribution < 1.29 is 0 Å². The molecule has 0 aliphatic heterocycles. The molecule has 0 aromatic heterocycles. The Kier molecular flexibility index (Phi) is 24.0. The summed E-state index contributed by atoms with van der Waals surface area (Å²) in [6.45, 7) is 11.0. The van der Waals surface area contributed by atoms with Crippen LogP contribution in [-0.4, -0.2) is 24.5 Å². The first-order valence-electron chi connectivity index (χ1n) is 13.1. The van der Waals surface area contributed by atoms with Crippen LogP contribution in [-0.2, 0) is 0 Å². The molecule has 0 fully saturated rings. The van der Waals surface area contributed by atoms with Crippen LogP contribution in [0.5, 0.6) is 0 Å². The van der Waals surface area contributed by atoms with Gasteiger partial charge in [-0.3, -0.25) is 0 Å². The molecule has 0 aliphatic rings. The maximum atomic E-state index is 2.78. The van der Waals surface area contributed by atoms with E-state index in [0.29, 0.717) is 0 Å². The number of nitrogens with zero attached hydrogens (tertiary/aromatic N) is 1. The molecule has 27 heavy (non-hydrogen) atoms. The molecule has 1 heteroatoms. The fraction of sp³-hybridized carbons (Fsp3) is 1.00. The van der Waals surface area contributed by atoms with E-state index >= 15 is 0 Å². The third-order valence-electron chi connectivity index (χ3n) is 5.98. The second-order valence-electron chi connectivity index (χ2n) is 8.85. The van der Waals surface area contributed by atoms with Gasteiger partial charge in [-0.2, -0.15) is 0 Å². The summed E-state index contributed by atoms with van der Waals surface area (Å²) < 4.78 is 0. The van der Waals surface area contributed by atoms with Crippen LogP contribution in [0.2, 0.25) is 0 Å². The molecule has 0 saturated carbocycles. The smallest absolute Gasteiger partial charge is 0.00187 e. The zero-order valence-electron chi connectivity index (χ0n) is 19.7. The van der Waals surface area contributed by atoms with Gasteiger partial charge in [-0.15, -0.1) is 0 Å². The van der Waals surface area contributed by atoms with E-state index in [1.54, 1.807) is 0 Å². The van der Waals surface area contributed by atoms with Crippen LogP contribution in [0.4, 0.5) is 0 Å². The van der Waals surface area contributed by atoms with E-state index in [0.717, 1.165) is 0 Å². The molecule has 0 atom stereocenters. The molecule has 0 rings (SSSR count). The van der Waals surface area contributed by atoms with Crippen LogP contribution in [0.15, 0.2) is 0 Å². The predicted octanol–water partition coefficient (Wildman–Crippen LogP) is 9.15. The van der Waals surface area contributed by atoms with Gasteiger partial charge in [-0.1, -0.05) is 130 Å². The molecule has 0 unspecified atom stereocenters. The van der Waals surface area contributed by atoms with Gasteiger partial charge in [0.2, 0.25) is 0 Å². The lowest BCUT2D eigenvalue weighted by molar-refractivity contribution is 0.254. The standard InChI is InChI=1S/C26H55N/c1-4-7-10-13-14-15-16-17-18-19-20-23-26-27(24-21-11-8-5-2)25-22-12-9-6-3/h4-26H2,1-3H3. The Balaban J connectivity index is 3.54. The SMILES string of the molecule is CCCCCCCCCCCCCCN(CCCCCC)CCCCCC. The normalized spacial score (nSPS) is 11.6. The van der Waals surface area contributed by atoms with E-state index in [1.807, 2.05) is 0 Å². The summed E-state index contributed by atoms with van der Waals surface area (Å²) >= 11 is 0. The molecule has 164 valence electrons. The van der Waals surface area contributed by atoms with Crippen molar-refractivity contribution in [3.05, 3.63) is 0 Å². The van der Waals surface area contributed by atoms with E-state index in [-0.39, 0.29) is 0 Å². The van der Waals surface area contributed by atoms with E-state index in [2.05, 4.69) is 25.7 Å². The molecule has 0 spiro atoms. The number of rotatable bonds is 23. The van der Waals surface area contributed by atoms with Gasteiger partial charge in [-0.05, 0) is 38.9 Å². The molecule has 0 N–H and O–H groups in total. The minimum absolute atomic E-state index is 1.35. The van der Waals surface area contributed by atoms with Crippen LogP contribution >= 0.6 is 0 Å². The molecular formula is C26H55N. The average molecular weight is 382 g/mol. The largest absolute Gasteiger partial charge is 0.303 e. The summed E-state index contributed by atoms with van der Waals surface area (Å²) in [6.07, 6.45) is 28.7. The van der Waals surface area contributed by atoms with Crippen molar-refractivity contribution in [2.45, 2.75) is 149 Å². The molecule has 0 aromatic carbocycles. The quantitative estimate of drug-likeness (QED) is 0.159. The average Bonchev–Trinajstić information content (AvgIpc) is 2.68. The molecular weight excluding hydrogens is 326 g/mol. The van der Waals surface area contributed by atoms with Gasteiger partial charge >= 0.3 is 0 Å². The topological polar surface area (TPSA) is 3.24 Å². The van der Waals surface area contributed by atoms with Gasteiger partial charge in [0.05, 0.1) is 0 Å². The lowest BCUT2D eigenvalue weighted by atomic mass is 10.1. The van der Waals surface area contributed by atoms with Crippen molar-refractivity contribution in [3.63, 3.8) is 0 Å². The summed E-state index contributed by atoms with van der Waals surface area (Å²) in [7, 11) is 0. The Morgan fingerprint density at radius 1 is 0.296 bits per heavy atom. The second-order valence-corrected chi connectivity index (χ2v) is 8.85. The highest BCUT2D eigenvalue weighted by Gasteiger charge is 2.04. The first-order valence-corrected chi connectivity index (χ1v) is 13.1. The molecule has 0 heterocycles. The van der Waals surface area contributed by atoms with Gasteiger partial charge in [0.15, 0.2) is 0 Å². The lowest BCUT2D eigenvalue weighted by Crippen LogP contribution is -2.27. The Morgan fingerprint density at radius 2 is 0.519 bits per heavy atom. The molecule has 0 radical (unpaired) electrons. The third-order valence-corrected chi connectivity index (χ3v) is 5.98.